The molecule has 0 atom stereocenters. The van der Waals surface area contributed by atoms with Gasteiger partial charge in [-0.15, -0.1) is 0 Å². The number of methoxy groups -OCH3 is 1. The summed E-state index contributed by atoms with van der Waals surface area (Å²) in [6.07, 6.45) is 0. The van der Waals surface area contributed by atoms with Gasteiger partial charge >= 0.3 is 5.97 Å². The molecule has 156 valence electrons. The minimum absolute atomic E-state index is 0.0147. The van der Waals surface area contributed by atoms with Gasteiger partial charge in [-0.2, -0.15) is 5.10 Å². The van der Waals surface area contributed by atoms with E-state index in [2.05, 4.69) is 10.4 Å². The number of aryl methyl sites for hydroxylation is 1. The topological polar surface area (TPSA) is 82.4 Å². The Balaban J connectivity index is 1.60. The normalized spacial score (nSPS) is 10.5. The lowest BCUT2D eigenvalue weighted by Gasteiger charge is -2.08. The average molecular weight is 432 g/mol. The predicted octanol–water partition coefficient (Wildman–Crippen LogP) is 3.46. The molecule has 0 radical (unpaired) electrons. The summed E-state index contributed by atoms with van der Waals surface area (Å²) < 4.78 is 24.6. The van der Waals surface area contributed by atoms with E-state index in [4.69, 9.17) is 21.1 Å². The molecule has 7 nitrogen and oxygen atoms in total. The van der Waals surface area contributed by atoms with Crippen molar-refractivity contribution in [1.82, 2.24) is 15.1 Å². The molecule has 0 saturated heterocycles. The second kappa shape index (κ2) is 9.41. The number of nitrogens with one attached hydrogen (secondary N) is 1. The molecule has 9 heteroatoms. The Hall–Kier alpha value is -3.39. The number of ether oxygens (including phenoxy) is 2. The first-order valence-electron chi connectivity index (χ1n) is 8.97. The van der Waals surface area contributed by atoms with E-state index in [-0.39, 0.29) is 17.3 Å². The molecule has 3 aromatic rings. The molecule has 30 heavy (non-hydrogen) atoms. The molecule has 0 aliphatic carbocycles. The number of benzene rings is 2. The summed E-state index contributed by atoms with van der Waals surface area (Å²) >= 11 is 6.28. The van der Waals surface area contributed by atoms with Gasteiger partial charge in [0.25, 0.3) is 5.91 Å². The van der Waals surface area contributed by atoms with E-state index >= 15 is 0 Å². The molecule has 0 aliphatic rings. The summed E-state index contributed by atoms with van der Waals surface area (Å²) in [4.78, 5) is 24.5. The largest absolute Gasteiger partial charge is 0.497 e. The van der Waals surface area contributed by atoms with Gasteiger partial charge in [0.1, 0.15) is 22.3 Å². The van der Waals surface area contributed by atoms with Gasteiger partial charge in [0, 0.05) is 6.54 Å². The lowest BCUT2D eigenvalue weighted by atomic mass is 10.2. The molecule has 0 unspecified atom stereocenters. The maximum absolute atomic E-state index is 13.1. The van der Waals surface area contributed by atoms with Crippen LogP contribution in [-0.2, 0) is 16.1 Å². The fourth-order valence-electron chi connectivity index (χ4n) is 2.72. The Morgan fingerprint density at radius 3 is 2.63 bits per heavy atom. The summed E-state index contributed by atoms with van der Waals surface area (Å²) in [5.74, 6) is -0.969. The molecule has 0 fully saturated rings. The van der Waals surface area contributed by atoms with Crippen LogP contribution < -0.4 is 10.1 Å². The number of hydrogen-bond acceptors (Lipinski definition) is 5. The average Bonchev–Trinajstić information content (AvgIpc) is 3.05. The number of carbonyl (C=O) groups excluding carboxylic acids is 2. The Labute approximate surface area is 177 Å². The van der Waals surface area contributed by atoms with Crippen molar-refractivity contribution in [2.24, 2.45) is 0 Å². The molecule has 1 aromatic heterocycles. The van der Waals surface area contributed by atoms with Crippen molar-refractivity contribution in [3.05, 3.63) is 76.3 Å². The van der Waals surface area contributed by atoms with Gasteiger partial charge in [-0.05, 0) is 48.9 Å². The van der Waals surface area contributed by atoms with E-state index in [1.54, 1.807) is 26.2 Å². The number of rotatable bonds is 7. The van der Waals surface area contributed by atoms with Crippen LogP contribution in [0.2, 0.25) is 5.15 Å². The molecule has 0 spiro atoms. The van der Waals surface area contributed by atoms with E-state index in [0.29, 0.717) is 17.1 Å². The zero-order valence-electron chi connectivity index (χ0n) is 16.3. The predicted molar refractivity (Wildman–Crippen MR) is 108 cm³/mol. The standard InChI is InChI=1S/C21H19ClFN3O4/c1-13-19(20(22)26(25-13)16-8-6-15(23)7-9-16)21(28)30-12-18(27)24-11-14-4-3-5-17(10-14)29-2/h3-10H,11-12H2,1-2H3,(H,24,27). The zero-order chi connectivity index (χ0) is 21.7. The molecule has 3 rings (SSSR count). The Morgan fingerprint density at radius 2 is 1.93 bits per heavy atom. The molecule has 0 bridgehead atoms. The van der Waals surface area contributed by atoms with Crippen LogP contribution in [0.3, 0.4) is 0 Å². The van der Waals surface area contributed by atoms with Crippen molar-refractivity contribution < 1.29 is 23.5 Å². The number of aromatic nitrogens is 2. The molecular weight excluding hydrogens is 413 g/mol. The van der Waals surface area contributed by atoms with Crippen LogP contribution in [0.1, 0.15) is 21.6 Å². The maximum atomic E-state index is 13.1. The number of halogens is 2. The molecule has 1 heterocycles. The molecule has 0 aliphatic heterocycles. The fourth-order valence-corrected chi connectivity index (χ4v) is 3.07. The van der Waals surface area contributed by atoms with Crippen molar-refractivity contribution in [3.8, 4) is 11.4 Å². The van der Waals surface area contributed by atoms with Crippen molar-refractivity contribution in [3.63, 3.8) is 0 Å². The zero-order valence-corrected chi connectivity index (χ0v) is 17.1. The van der Waals surface area contributed by atoms with Crippen LogP contribution in [0.25, 0.3) is 5.69 Å². The molecule has 0 saturated carbocycles. The third-order valence-electron chi connectivity index (χ3n) is 4.24. The van der Waals surface area contributed by atoms with Crippen molar-refractivity contribution in [2.45, 2.75) is 13.5 Å². The second-order valence-electron chi connectivity index (χ2n) is 6.34. The van der Waals surface area contributed by atoms with Gasteiger partial charge in [0.15, 0.2) is 6.61 Å². The minimum atomic E-state index is -0.776. The highest BCUT2D eigenvalue weighted by molar-refractivity contribution is 6.33. The van der Waals surface area contributed by atoms with Crippen LogP contribution in [0.15, 0.2) is 48.5 Å². The highest BCUT2D eigenvalue weighted by Crippen LogP contribution is 2.24. The lowest BCUT2D eigenvalue weighted by molar-refractivity contribution is -0.124. The second-order valence-corrected chi connectivity index (χ2v) is 6.70. The highest BCUT2D eigenvalue weighted by Gasteiger charge is 2.23. The van der Waals surface area contributed by atoms with Gasteiger partial charge in [-0.25, -0.2) is 13.9 Å². The Kier molecular flexibility index (Phi) is 6.68. The summed E-state index contributed by atoms with van der Waals surface area (Å²) in [6.45, 7) is 1.38. The number of hydrogen-bond donors (Lipinski definition) is 1. The molecule has 1 amide bonds. The van der Waals surface area contributed by atoms with E-state index in [1.807, 2.05) is 12.1 Å². The van der Waals surface area contributed by atoms with Crippen LogP contribution >= 0.6 is 11.6 Å². The highest BCUT2D eigenvalue weighted by atomic mass is 35.5. The first-order chi connectivity index (χ1) is 14.4. The monoisotopic (exact) mass is 431 g/mol. The summed E-state index contributed by atoms with van der Waals surface area (Å²) in [5, 5.41) is 6.88. The third-order valence-corrected chi connectivity index (χ3v) is 4.59. The first kappa shape index (κ1) is 21.3. The molecule has 1 N–H and O–H groups in total. The Bertz CT molecular complexity index is 1070. The lowest BCUT2D eigenvalue weighted by Crippen LogP contribution is -2.28. The van der Waals surface area contributed by atoms with Gasteiger partial charge in [0.05, 0.1) is 18.5 Å². The number of nitrogens with zero attached hydrogens (tertiary/aromatic N) is 2. The summed E-state index contributed by atoms with van der Waals surface area (Å²) in [6, 6.07) is 12.7. The van der Waals surface area contributed by atoms with Gasteiger partial charge in [-0.3, -0.25) is 4.79 Å². The van der Waals surface area contributed by atoms with Crippen molar-refractivity contribution in [1.29, 1.82) is 0 Å². The number of esters is 1. The quantitative estimate of drug-likeness (QED) is 0.579. The van der Waals surface area contributed by atoms with E-state index < -0.39 is 24.3 Å². The summed E-state index contributed by atoms with van der Waals surface area (Å²) in [7, 11) is 1.56. The van der Waals surface area contributed by atoms with Gasteiger partial charge in [0.2, 0.25) is 0 Å². The smallest absolute Gasteiger partial charge is 0.343 e. The van der Waals surface area contributed by atoms with Crippen LogP contribution in [0, 0.1) is 12.7 Å². The minimum Gasteiger partial charge on any atom is -0.497 e. The van der Waals surface area contributed by atoms with E-state index in [0.717, 1.165) is 5.56 Å². The van der Waals surface area contributed by atoms with Gasteiger partial charge in [-0.1, -0.05) is 23.7 Å². The third kappa shape index (κ3) is 4.96. The molecule has 2 aromatic carbocycles. The Morgan fingerprint density at radius 1 is 1.20 bits per heavy atom. The van der Waals surface area contributed by atoms with Crippen molar-refractivity contribution >= 4 is 23.5 Å². The maximum Gasteiger partial charge on any atom is 0.343 e. The van der Waals surface area contributed by atoms with E-state index in [9.17, 15) is 14.0 Å². The molecular formula is C21H19ClFN3O4. The van der Waals surface area contributed by atoms with Crippen LogP contribution in [0.4, 0.5) is 4.39 Å². The number of carbonyl (C=O) groups is 2. The first-order valence-corrected chi connectivity index (χ1v) is 9.34. The SMILES string of the molecule is COc1cccc(CNC(=O)COC(=O)c2c(C)nn(-c3ccc(F)cc3)c2Cl)c1. The van der Waals surface area contributed by atoms with Crippen molar-refractivity contribution in [2.75, 3.05) is 13.7 Å². The summed E-state index contributed by atoms with van der Waals surface area (Å²) in [5.41, 5.74) is 1.70. The van der Waals surface area contributed by atoms with Crippen LogP contribution in [-0.4, -0.2) is 35.4 Å². The van der Waals surface area contributed by atoms with Crippen LogP contribution in [0.5, 0.6) is 5.75 Å². The van der Waals surface area contributed by atoms with Gasteiger partial charge < -0.3 is 14.8 Å². The fraction of sp³-hybridized carbons (Fsp3) is 0.190. The van der Waals surface area contributed by atoms with E-state index in [1.165, 1.54) is 28.9 Å². The number of amides is 1.